The van der Waals surface area contributed by atoms with E-state index >= 15 is 0 Å². The fourth-order valence-electron chi connectivity index (χ4n) is 9.35. The molecule has 22 nitrogen and oxygen atoms in total. The molecule has 0 spiro atoms. The van der Waals surface area contributed by atoms with Crippen LogP contribution in [0.2, 0.25) is 0 Å². The molecule has 4 aromatic carbocycles. The minimum atomic E-state index is -4.74. The smallest absolute Gasteiger partial charge is 0.744 e. The number of ether oxygens (including phenoxy) is 1. The van der Waals surface area contributed by atoms with Gasteiger partial charge in [-0.2, -0.15) is 4.57 Å². The number of H-pyrrole nitrogens is 2. The Labute approximate surface area is 475 Å². The Hall–Kier alpha value is -6.55. The molecule has 3 aromatic heterocycles. The molecule has 0 unspecified atom stereocenters. The van der Waals surface area contributed by atoms with Crippen LogP contribution in [0.4, 0.5) is 5.69 Å². The zero-order valence-corrected chi connectivity index (χ0v) is 45.5. The second-order valence-electron chi connectivity index (χ2n) is 18.1. The Morgan fingerprint density at radius 3 is 1.72 bits per heavy atom. The van der Waals surface area contributed by atoms with Crippen molar-refractivity contribution in [2.75, 3.05) is 11.4 Å². The van der Waals surface area contributed by atoms with Crippen molar-refractivity contribution in [3.05, 3.63) is 96.7 Å². The number of hydroxylamine groups is 4. The molecule has 2 fully saturated rings. The zero-order valence-electron chi connectivity index (χ0n) is 40.7. The van der Waals surface area contributed by atoms with Gasteiger partial charge in [-0.05, 0) is 74.2 Å². The van der Waals surface area contributed by atoms with Gasteiger partial charge < -0.3 is 42.8 Å². The topological polar surface area (TPSA) is 303 Å². The van der Waals surface area contributed by atoms with Gasteiger partial charge in [-0.15, -0.1) is 10.1 Å². The number of aromatic nitrogens is 3. The molecule has 0 radical (unpaired) electrons. The summed E-state index contributed by atoms with van der Waals surface area (Å²) in [5.74, 6) is -2.27. The van der Waals surface area contributed by atoms with Gasteiger partial charge in [0, 0.05) is 102 Å². The SMILES string of the molecule is O=C(CCCCCN1/C(=C/C=C/C=C/c2oc3cc4[nH]c5ccc(S(=O)(=O)[O-])cc5c4cc3[n+]2CCCCCC(=O)ON2C(=O)CCC2=O)Oc2cc3[nH]c4ccc(S(=O)(=O)[O-])cc4c3cc21)ON1C(=O)CCC1=O.[K+]. The Morgan fingerprint density at radius 1 is 0.632 bits per heavy atom. The van der Waals surface area contributed by atoms with Crippen molar-refractivity contribution < 1.29 is 129 Å². The summed E-state index contributed by atoms with van der Waals surface area (Å²) in [6.45, 7) is 0.813. The number of allylic oxidation sites excluding steroid dienone is 4. The maximum absolute atomic E-state index is 12.5. The maximum Gasteiger partial charge on any atom is 1.00 e. The zero-order chi connectivity index (χ0) is 52.8. The molecule has 6 heterocycles. The average Bonchev–Trinajstić information content (AvgIpc) is 4.21. The van der Waals surface area contributed by atoms with Gasteiger partial charge in [-0.25, -0.2) is 26.4 Å². The van der Waals surface area contributed by atoms with Crippen molar-refractivity contribution in [3.63, 3.8) is 0 Å². The van der Waals surface area contributed by atoms with E-state index in [2.05, 4.69) is 9.97 Å². The van der Waals surface area contributed by atoms with Gasteiger partial charge >= 0.3 is 69.2 Å². The molecular weight excluding hydrogens is 1060 g/mol. The van der Waals surface area contributed by atoms with Crippen LogP contribution in [0.5, 0.6) is 5.75 Å². The molecule has 3 aliphatic rings. The fraction of sp³-hybridized carbons (Fsp3) is 0.275. The van der Waals surface area contributed by atoms with E-state index in [0.29, 0.717) is 140 Å². The Bertz CT molecular complexity index is 3860. The summed E-state index contributed by atoms with van der Waals surface area (Å²) in [4.78, 5) is 90.3. The van der Waals surface area contributed by atoms with E-state index in [1.54, 1.807) is 42.5 Å². The molecule has 0 atom stereocenters. The fourth-order valence-corrected chi connectivity index (χ4v) is 10.3. The summed E-state index contributed by atoms with van der Waals surface area (Å²) in [5, 5.41) is 3.38. The van der Waals surface area contributed by atoms with Crippen molar-refractivity contribution >= 4 is 122 Å². The number of unbranched alkanes of at least 4 members (excludes halogenated alkanes) is 4. The number of nitrogens with one attached hydrogen (secondary N) is 2. The molecule has 3 aliphatic heterocycles. The van der Waals surface area contributed by atoms with E-state index in [1.807, 2.05) is 21.6 Å². The number of carbonyl (C=O) groups excluding carboxylic acids is 6. The van der Waals surface area contributed by atoms with Crippen LogP contribution >= 0.6 is 0 Å². The first-order valence-corrected chi connectivity index (χ1v) is 26.8. The number of fused-ring (bicyclic) bond motifs is 8. The molecular formula is C51H45KN6O16S2. The summed E-state index contributed by atoms with van der Waals surface area (Å²) in [5.41, 5.74) is 4.31. The predicted molar refractivity (Wildman–Crippen MR) is 263 cm³/mol. The van der Waals surface area contributed by atoms with Crippen molar-refractivity contribution in [1.82, 2.24) is 20.1 Å². The molecule has 4 amide bonds. The standard InChI is InChI=1S/C51H46N6O16S2.K/c58-44-18-19-45(59)56(44)72-50(62)12-6-2-8-22-54-40-26-34-32-24-30(74(64,65)66)14-16-36(32)52-38(34)28-42(40)70-48(54)10-4-1-5-11-49-55(23-9-3-7-13-51(63)73-57-46(60)20-21-47(57)61)41-27-35-33-25-31(75(67,68)69)15-17-37(33)53-39(35)29-43(41)71-49;/h1,4-5,10-11,14-17,24-29,52-53H,2-3,6-9,12-13,18-23H2,(H-,64,65,66,67,68,69);/q;+1/p-1. The van der Waals surface area contributed by atoms with Crippen LogP contribution in [-0.4, -0.2) is 88.1 Å². The van der Waals surface area contributed by atoms with Crippen molar-refractivity contribution in [2.45, 2.75) is 93.4 Å². The Morgan fingerprint density at radius 2 is 1.16 bits per heavy atom. The van der Waals surface area contributed by atoms with E-state index in [0.717, 1.165) is 0 Å². The molecule has 2 saturated heterocycles. The first-order valence-electron chi connectivity index (χ1n) is 24.0. The minimum absolute atomic E-state index is 0. The van der Waals surface area contributed by atoms with E-state index in [-0.39, 0.29) is 99.7 Å². The Balaban J connectivity index is 0.00000706. The number of amides is 4. The maximum atomic E-state index is 12.5. The van der Waals surface area contributed by atoms with Crippen LogP contribution in [-0.2, 0) is 65.2 Å². The number of anilines is 1. The van der Waals surface area contributed by atoms with Gasteiger partial charge in [0.2, 0.25) is 11.5 Å². The largest absolute Gasteiger partial charge is 1.00 e. The van der Waals surface area contributed by atoms with Gasteiger partial charge in [0.25, 0.3) is 29.1 Å². The summed E-state index contributed by atoms with van der Waals surface area (Å²) < 4.78 is 86.4. The second kappa shape index (κ2) is 22.2. The molecule has 2 N–H and O–H groups in total. The van der Waals surface area contributed by atoms with Crippen LogP contribution in [0.1, 0.15) is 82.9 Å². The number of imide groups is 2. The molecule has 0 bridgehead atoms. The molecule has 25 heteroatoms. The quantitative estimate of drug-likeness (QED) is 0.0293. The number of hydrogen-bond acceptors (Lipinski definition) is 17. The normalized spacial score (nSPS) is 15.8. The van der Waals surface area contributed by atoms with Crippen molar-refractivity contribution in [2.24, 2.45) is 0 Å². The van der Waals surface area contributed by atoms with Crippen LogP contribution < -0.4 is 65.6 Å². The van der Waals surface area contributed by atoms with Gasteiger partial charge in [0.15, 0.2) is 12.3 Å². The monoisotopic (exact) mass is 1100 g/mol. The van der Waals surface area contributed by atoms with E-state index < -0.39 is 55.8 Å². The number of rotatable bonds is 19. The van der Waals surface area contributed by atoms with E-state index in [9.17, 15) is 54.7 Å². The molecule has 10 rings (SSSR count). The number of carbonyl (C=O) groups is 6. The molecule has 388 valence electrons. The summed E-state index contributed by atoms with van der Waals surface area (Å²) >= 11 is 0. The van der Waals surface area contributed by atoms with Crippen LogP contribution in [0.3, 0.4) is 0 Å². The van der Waals surface area contributed by atoms with Crippen LogP contribution in [0.15, 0.2) is 105 Å². The first kappa shape index (κ1) is 54.2. The number of nitrogens with zero attached hydrogens (tertiary/aromatic N) is 4. The predicted octanol–water partition coefficient (Wildman–Crippen LogP) is 3.45. The molecule has 0 aliphatic carbocycles. The molecule has 7 aromatic rings. The number of aryl methyl sites for hydroxylation is 1. The molecule has 0 saturated carbocycles. The van der Waals surface area contributed by atoms with Crippen LogP contribution in [0, 0.1) is 0 Å². The molecule has 76 heavy (non-hydrogen) atoms. The first-order chi connectivity index (χ1) is 35.9. The third-order valence-corrected chi connectivity index (χ3v) is 14.7. The third-order valence-electron chi connectivity index (χ3n) is 13.0. The summed E-state index contributed by atoms with van der Waals surface area (Å²) in [7, 11) is -9.48. The average molecular weight is 1100 g/mol. The second-order valence-corrected chi connectivity index (χ2v) is 20.9. The van der Waals surface area contributed by atoms with Gasteiger partial charge in [0.1, 0.15) is 20.2 Å². The van der Waals surface area contributed by atoms with E-state index in [1.165, 1.54) is 36.4 Å². The summed E-state index contributed by atoms with van der Waals surface area (Å²) in [6.07, 6.45) is 11.7. The van der Waals surface area contributed by atoms with Gasteiger partial charge in [-0.1, -0.05) is 24.6 Å². The van der Waals surface area contributed by atoms with E-state index in [4.69, 9.17) is 18.8 Å². The van der Waals surface area contributed by atoms with Gasteiger partial charge in [0.05, 0.1) is 32.6 Å². The van der Waals surface area contributed by atoms with Crippen molar-refractivity contribution in [1.29, 1.82) is 0 Å². The number of hydrogen-bond donors (Lipinski definition) is 2. The number of benzene rings is 4. The number of aromatic amines is 2. The minimum Gasteiger partial charge on any atom is -0.744 e. The van der Waals surface area contributed by atoms with Crippen LogP contribution in [0.25, 0.3) is 60.8 Å². The summed E-state index contributed by atoms with van der Waals surface area (Å²) in [6, 6.07) is 15.5. The number of oxazole rings is 1. The van der Waals surface area contributed by atoms with Crippen molar-refractivity contribution in [3.8, 4) is 5.75 Å². The third kappa shape index (κ3) is 11.4. The van der Waals surface area contributed by atoms with Gasteiger partial charge in [-0.3, -0.25) is 19.2 Å². The Kier molecular flexibility index (Phi) is 15.8.